The second-order valence-electron chi connectivity index (χ2n) is 4.10. The van der Waals surface area contributed by atoms with E-state index in [1.807, 2.05) is 13.8 Å². The summed E-state index contributed by atoms with van der Waals surface area (Å²) in [4.78, 5) is 12.2. The van der Waals surface area contributed by atoms with Gasteiger partial charge in [-0.25, -0.2) is 9.97 Å². The summed E-state index contributed by atoms with van der Waals surface area (Å²) in [5, 5.41) is 13.5. The number of aliphatic hydroxyl groups is 1. The number of nitrogens with zero attached hydrogens (tertiary/aromatic N) is 4. The summed E-state index contributed by atoms with van der Waals surface area (Å²) < 4.78 is 5.04. The lowest BCUT2D eigenvalue weighted by Gasteiger charge is -2.10. The van der Waals surface area contributed by atoms with Gasteiger partial charge in [0.1, 0.15) is 0 Å². The molecule has 17 heavy (non-hydrogen) atoms. The van der Waals surface area contributed by atoms with E-state index in [-0.39, 0.29) is 5.92 Å². The summed E-state index contributed by atoms with van der Waals surface area (Å²) in [7, 11) is 0. The lowest BCUT2D eigenvalue weighted by Crippen LogP contribution is -2.17. The number of hydrogen-bond donors (Lipinski definition) is 1. The van der Waals surface area contributed by atoms with Crippen LogP contribution in [0.25, 0.3) is 11.6 Å². The Kier molecular flexibility index (Phi) is 3.43. The molecule has 0 amide bonds. The van der Waals surface area contributed by atoms with Crippen molar-refractivity contribution in [2.24, 2.45) is 5.92 Å². The Hall–Kier alpha value is -1.82. The van der Waals surface area contributed by atoms with Gasteiger partial charge in [0.2, 0.25) is 17.5 Å². The number of aromatic nitrogens is 4. The van der Waals surface area contributed by atoms with Crippen LogP contribution in [0.1, 0.15) is 19.7 Å². The van der Waals surface area contributed by atoms with Crippen molar-refractivity contribution in [3.63, 3.8) is 0 Å². The van der Waals surface area contributed by atoms with Gasteiger partial charge in [-0.15, -0.1) is 0 Å². The summed E-state index contributed by atoms with van der Waals surface area (Å²) in [5.41, 5.74) is 0. The minimum absolute atomic E-state index is 0.151. The van der Waals surface area contributed by atoms with Gasteiger partial charge in [0.15, 0.2) is 0 Å². The Morgan fingerprint density at radius 3 is 2.59 bits per heavy atom. The van der Waals surface area contributed by atoms with Crippen molar-refractivity contribution in [1.29, 1.82) is 0 Å². The van der Waals surface area contributed by atoms with Crippen molar-refractivity contribution in [3.05, 3.63) is 24.4 Å². The zero-order valence-corrected chi connectivity index (χ0v) is 9.74. The summed E-state index contributed by atoms with van der Waals surface area (Å²) in [6.07, 6.45) is 3.08. The van der Waals surface area contributed by atoms with E-state index in [1.54, 1.807) is 18.5 Å². The molecule has 0 saturated heterocycles. The molecule has 2 rings (SSSR count). The average Bonchev–Trinajstić information content (AvgIpc) is 2.78. The minimum atomic E-state index is -0.486. The molecular weight excluding hydrogens is 220 g/mol. The van der Waals surface area contributed by atoms with Crippen molar-refractivity contribution in [2.75, 3.05) is 0 Å². The summed E-state index contributed by atoms with van der Waals surface area (Å²) in [5.74, 6) is 1.31. The maximum absolute atomic E-state index is 9.70. The number of rotatable bonds is 4. The maximum Gasteiger partial charge on any atom is 0.240 e. The van der Waals surface area contributed by atoms with Crippen molar-refractivity contribution in [3.8, 4) is 11.6 Å². The molecule has 1 N–H and O–H groups in total. The van der Waals surface area contributed by atoms with Crippen LogP contribution in [0, 0.1) is 5.92 Å². The molecule has 0 aliphatic heterocycles. The van der Waals surface area contributed by atoms with Gasteiger partial charge in [-0.2, -0.15) is 4.98 Å². The first-order valence-electron chi connectivity index (χ1n) is 5.45. The smallest absolute Gasteiger partial charge is 0.240 e. The van der Waals surface area contributed by atoms with Crippen LogP contribution >= 0.6 is 0 Å². The molecule has 1 atom stereocenters. The molecule has 0 spiro atoms. The Morgan fingerprint density at radius 1 is 1.24 bits per heavy atom. The molecular formula is C11H14N4O2. The normalized spacial score (nSPS) is 12.9. The fraction of sp³-hybridized carbons (Fsp3) is 0.455. The molecule has 0 radical (unpaired) electrons. The molecule has 0 aliphatic carbocycles. The molecule has 0 aromatic carbocycles. The third-order valence-corrected chi connectivity index (χ3v) is 2.39. The number of hydrogen-bond acceptors (Lipinski definition) is 6. The van der Waals surface area contributed by atoms with E-state index in [2.05, 4.69) is 20.1 Å². The minimum Gasteiger partial charge on any atom is -0.392 e. The maximum atomic E-state index is 9.70. The number of aliphatic hydroxyl groups excluding tert-OH is 1. The van der Waals surface area contributed by atoms with Gasteiger partial charge in [0.25, 0.3) is 0 Å². The van der Waals surface area contributed by atoms with Gasteiger partial charge in [-0.1, -0.05) is 19.0 Å². The van der Waals surface area contributed by atoms with Gasteiger partial charge < -0.3 is 9.63 Å². The fourth-order valence-corrected chi connectivity index (χ4v) is 1.26. The van der Waals surface area contributed by atoms with Gasteiger partial charge in [0.05, 0.1) is 12.5 Å². The molecule has 2 aromatic heterocycles. The first-order chi connectivity index (χ1) is 8.16. The highest BCUT2D eigenvalue weighted by molar-refractivity contribution is 5.40. The monoisotopic (exact) mass is 234 g/mol. The molecule has 6 heteroatoms. The quantitative estimate of drug-likeness (QED) is 0.852. The predicted molar refractivity (Wildman–Crippen MR) is 59.9 cm³/mol. The van der Waals surface area contributed by atoms with Crippen LogP contribution in [-0.2, 0) is 6.42 Å². The Bertz CT molecular complexity index is 469. The van der Waals surface area contributed by atoms with Crippen LogP contribution in [0.5, 0.6) is 0 Å². The second-order valence-corrected chi connectivity index (χ2v) is 4.10. The third-order valence-electron chi connectivity index (χ3n) is 2.39. The molecule has 0 aliphatic rings. The summed E-state index contributed by atoms with van der Waals surface area (Å²) >= 11 is 0. The van der Waals surface area contributed by atoms with E-state index in [0.29, 0.717) is 24.0 Å². The standard InChI is InChI=1S/C11H14N4O2/c1-7(2)8(16)6-9-14-11(15-17-9)10-12-4-3-5-13-10/h3-5,7-8,16H,6H2,1-2H3. The van der Waals surface area contributed by atoms with Crippen molar-refractivity contribution in [2.45, 2.75) is 26.4 Å². The van der Waals surface area contributed by atoms with Crippen LogP contribution in [0.3, 0.4) is 0 Å². The molecule has 0 bridgehead atoms. The Labute approximate surface area is 98.7 Å². The van der Waals surface area contributed by atoms with E-state index in [9.17, 15) is 5.11 Å². The van der Waals surface area contributed by atoms with Crippen molar-refractivity contribution in [1.82, 2.24) is 20.1 Å². The SMILES string of the molecule is CC(C)C(O)Cc1nc(-c2ncccn2)no1. The zero-order chi connectivity index (χ0) is 12.3. The summed E-state index contributed by atoms with van der Waals surface area (Å²) in [6.45, 7) is 3.87. The molecule has 0 saturated carbocycles. The van der Waals surface area contributed by atoms with Crippen LogP contribution in [0.2, 0.25) is 0 Å². The topological polar surface area (TPSA) is 84.9 Å². The van der Waals surface area contributed by atoms with E-state index in [0.717, 1.165) is 0 Å². The van der Waals surface area contributed by atoms with E-state index >= 15 is 0 Å². The van der Waals surface area contributed by atoms with Gasteiger partial charge >= 0.3 is 0 Å². The van der Waals surface area contributed by atoms with Gasteiger partial charge in [0, 0.05) is 12.4 Å². The molecule has 6 nitrogen and oxygen atoms in total. The predicted octanol–water partition coefficient (Wildman–Crippen LogP) is 1.09. The lowest BCUT2D eigenvalue weighted by atomic mass is 10.0. The molecule has 90 valence electrons. The first kappa shape index (κ1) is 11.7. The Balaban J connectivity index is 2.12. The summed E-state index contributed by atoms with van der Waals surface area (Å²) in [6, 6.07) is 1.72. The third kappa shape index (κ3) is 2.85. The first-order valence-corrected chi connectivity index (χ1v) is 5.45. The fourth-order valence-electron chi connectivity index (χ4n) is 1.26. The lowest BCUT2D eigenvalue weighted by molar-refractivity contribution is 0.116. The second kappa shape index (κ2) is 5.01. The molecule has 2 heterocycles. The van der Waals surface area contributed by atoms with E-state index in [1.165, 1.54) is 0 Å². The molecule has 2 aromatic rings. The highest BCUT2D eigenvalue weighted by atomic mass is 16.5. The zero-order valence-electron chi connectivity index (χ0n) is 9.74. The highest BCUT2D eigenvalue weighted by Crippen LogP contribution is 2.12. The van der Waals surface area contributed by atoms with E-state index in [4.69, 9.17) is 4.52 Å². The van der Waals surface area contributed by atoms with Crippen LogP contribution < -0.4 is 0 Å². The highest BCUT2D eigenvalue weighted by Gasteiger charge is 2.16. The molecule has 0 fully saturated rings. The van der Waals surface area contributed by atoms with Gasteiger partial charge in [-0.3, -0.25) is 0 Å². The van der Waals surface area contributed by atoms with Gasteiger partial charge in [-0.05, 0) is 12.0 Å². The van der Waals surface area contributed by atoms with Crippen LogP contribution in [-0.4, -0.2) is 31.3 Å². The Morgan fingerprint density at radius 2 is 1.94 bits per heavy atom. The van der Waals surface area contributed by atoms with E-state index < -0.39 is 6.10 Å². The van der Waals surface area contributed by atoms with Crippen molar-refractivity contribution >= 4 is 0 Å². The largest absolute Gasteiger partial charge is 0.392 e. The molecule has 1 unspecified atom stereocenters. The van der Waals surface area contributed by atoms with Crippen LogP contribution in [0.15, 0.2) is 23.0 Å². The van der Waals surface area contributed by atoms with Crippen LogP contribution in [0.4, 0.5) is 0 Å². The average molecular weight is 234 g/mol. The van der Waals surface area contributed by atoms with Crippen molar-refractivity contribution < 1.29 is 9.63 Å².